The molecule has 0 amide bonds. The molecule has 0 N–H and O–H groups in total. The summed E-state index contributed by atoms with van der Waals surface area (Å²) >= 11 is 2.27. The molecule has 4 aromatic carbocycles. The van der Waals surface area contributed by atoms with Crippen LogP contribution in [0.15, 0.2) is 88.8 Å². The average Bonchev–Trinajstić information content (AvgIpc) is 2.96. The van der Waals surface area contributed by atoms with Crippen molar-refractivity contribution in [1.82, 2.24) is 9.66 Å². The van der Waals surface area contributed by atoms with E-state index >= 15 is 0 Å². The highest BCUT2D eigenvalue weighted by atomic mass is 127. The van der Waals surface area contributed by atoms with E-state index in [0.29, 0.717) is 29.9 Å². The maximum absolute atomic E-state index is 13.8. The number of nitrogens with zero attached hydrogens (tertiary/aromatic N) is 3. The number of aryl methyl sites for hydroxylation is 2. The van der Waals surface area contributed by atoms with Crippen molar-refractivity contribution in [3.63, 3.8) is 0 Å². The molecule has 5 aromatic rings. The van der Waals surface area contributed by atoms with E-state index in [9.17, 15) is 4.79 Å². The largest absolute Gasteiger partial charge is 0.494 e. The maximum Gasteiger partial charge on any atom is 0.282 e. The highest BCUT2D eigenvalue weighted by Gasteiger charge is 2.18. The summed E-state index contributed by atoms with van der Waals surface area (Å²) < 4.78 is 14.4. The van der Waals surface area contributed by atoms with E-state index in [-0.39, 0.29) is 11.5 Å². The van der Waals surface area contributed by atoms with Crippen molar-refractivity contribution in [2.24, 2.45) is 5.10 Å². The van der Waals surface area contributed by atoms with Crippen LogP contribution in [0.4, 0.5) is 0 Å². The SMILES string of the molecule is CCOc1cc(C)c(-c2nc3ccccc3c(=O)n2N=Cc2ccc(OCc3cccc(C)c3)c(I)c2)cc1C(C)C. The molecule has 214 valence electrons. The summed E-state index contributed by atoms with van der Waals surface area (Å²) in [4.78, 5) is 18.7. The van der Waals surface area contributed by atoms with Gasteiger partial charge >= 0.3 is 0 Å². The van der Waals surface area contributed by atoms with Gasteiger partial charge in [-0.25, -0.2) is 4.98 Å². The van der Waals surface area contributed by atoms with Gasteiger partial charge in [0.25, 0.3) is 5.56 Å². The minimum atomic E-state index is -0.223. The lowest BCUT2D eigenvalue weighted by Gasteiger charge is -2.18. The van der Waals surface area contributed by atoms with Crippen LogP contribution in [-0.2, 0) is 6.61 Å². The zero-order valence-corrected chi connectivity index (χ0v) is 26.7. The van der Waals surface area contributed by atoms with E-state index in [2.05, 4.69) is 67.6 Å². The van der Waals surface area contributed by atoms with Crippen LogP contribution in [0, 0.1) is 17.4 Å². The Morgan fingerprint density at radius 3 is 2.50 bits per heavy atom. The first-order chi connectivity index (χ1) is 20.2. The van der Waals surface area contributed by atoms with Gasteiger partial charge in [-0.1, -0.05) is 55.8 Å². The highest BCUT2D eigenvalue weighted by molar-refractivity contribution is 14.1. The molecule has 0 aliphatic rings. The highest BCUT2D eigenvalue weighted by Crippen LogP contribution is 2.34. The Balaban J connectivity index is 1.54. The van der Waals surface area contributed by atoms with Gasteiger partial charge in [0.2, 0.25) is 0 Å². The zero-order chi connectivity index (χ0) is 29.8. The Morgan fingerprint density at radius 1 is 0.952 bits per heavy atom. The normalized spacial score (nSPS) is 11.5. The molecule has 0 atom stereocenters. The van der Waals surface area contributed by atoms with Gasteiger partial charge in [0.15, 0.2) is 5.82 Å². The van der Waals surface area contributed by atoms with Crippen LogP contribution in [0.3, 0.4) is 0 Å². The standard InChI is InChI=1S/C35H34IN3O3/c1-6-41-33-17-24(5)29(19-28(33)22(2)3)34-38-31-13-8-7-12-27(31)35(40)39(34)37-20-25-14-15-32(30(36)18-25)42-21-26-11-9-10-23(4)16-26/h7-20,22H,6,21H2,1-5H3. The number of rotatable bonds is 9. The van der Waals surface area contributed by atoms with Crippen molar-refractivity contribution >= 4 is 39.7 Å². The summed E-state index contributed by atoms with van der Waals surface area (Å²) in [6.45, 7) is 11.4. The molecule has 0 fully saturated rings. The smallest absolute Gasteiger partial charge is 0.282 e. The van der Waals surface area contributed by atoms with Crippen LogP contribution in [0.5, 0.6) is 11.5 Å². The molecule has 0 aliphatic heterocycles. The molecule has 1 aromatic heterocycles. The second-order valence-corrected chi connectivity index (χ2v) is 11.7. The van der Waals surface area contributed by atoms with Gasteiger partial charge in [-0.3, -0.25) is 4.79 Å². The molecule has 0 unspecified atom stereocenters. The molecule has 0 spiro atoms. The number of hydrogen-bond acceptors (Lipinski definition) is 5. The van der Waals surface area contributed by atoms with Crippen molar-refractivity contribution in [2.75, 3.05) is 6.61 Å². The number of halogens is 1. The molecule has 5 rings (SSSR count). The molecular weight excluding hydrogens is 637 g/mol. The molecule has 7 heteroatoms. The van der Waals surface area contributed by atoms with E-state index in [1.54, 1.807) is 12.3 Å². The Labute approximate surface area is 260 Å². The monoisotopic (exact) mass is 671 g/mol. The van der Waals surface area contributed by atoms with Gasteiger partial charge in [0.1, 0.15) is 18.1 Å². The fourth-order valence-electron chi connectivity index (χ4n) is 4.88. The van der Waals surface area contributed by atoms with E-state index in [0.717, 1.165) is 42.9 Å². The van der Waals surface area contributed by atoms with Crippen LogP contribution >= 0.6 is 22.6 Å². The molecular formula is C35H34IN3O3. The summed E-state index contributed by atoms with van der Waals surface area (Å²) in [5.74, 6) is 2.37. The summed E-state index contributed by atoms with van der Waals surface area (Å²) in [7, 11) is 0. The third kappa shape index (κ3) is 6.41. The quantitative estimate of drug-likeness (QED) is 0.117. The molecule has 0 radical (unpaired) electrons. The number of ether oxygens (including phenoxy) is 2. The van der Waals surface area contributed by atoms with E-state index in [4.69, 9.17) is 19.6 Å². The molecule has 0 saturated carbocycles. The van der Waals surface area contributed by atoms with Crippen molar-refractivity contribution in [3.8, 4) is 22.9 Å². The minimum absolute atomic E-state index is 0.223. The number of aromatic nitrogens is 2. The number of para-hydroxylation sites is 1. The van der Waals surface area contributed by atoms with Gasteiger partial charge in [-0.15, -0.1) is 0 Å². The third-order valence-electron chi connectivity index (χ3n) is 7.03. The molecule has 1 heterocycles. The second kappa shape index (κ2) is 12.9. The zero-order valence-electron chi connectivity index (χ0n) is 24.5. The van der Waals surface area contributed by atoms with Gasteiger partial charge in [-0.2, -0.15) is 9.78 Å². The van der Waals surface area contributed by atoms with Crippen molar-refractivity contribution < 1.29 is 9.47 Å². The number of hydrogen-bond donors (Lipinski definition) is 0. The third-order valence-corrected chi connectivity index (χ3v) is 7.87. The summed E-state index contributed by atoms with van der Waals surface area (Å²) in [5.41, 5.74) is 6.45. The summed E-state index contributed by atoms with van der Waals surface area (Å²) in [6, 6.07) is 25.7. The molecule has 42 heavy (non-hydrogen) atoms. The first-order valence-corrected chi connectivity index (χ1v) is 15.1. The van der Waals surface area contributed by atoms with E-state index < -0.39 is 0 Å². The van der Waals surface area contributed by atoms with Crippen LogP contribution in [0.2, 0.25) is 0 Å². The predicted octanol–water partition coefficient (Wildman–Crippen LogP) is 8.27. The fourth-order valence-corrected chi connectivity index (χ4v) is 5.57. The lowest BCUT2D eigenvalue weighted by Crippen LogP contribution is -2.21. The Hall–Kier alpha value is -3.98. The number of fused-ring (bicyclic) bond motifs is 1. The fraction of sp³-hybridized carbons (Fsp3) is 0.229. The maximum atomic E-state index is 13.8. The van der Waals surface area contributed by atoms with Crippen molar-refractivity contribution in [3.05, 3.63) is 121 Å². The van der Waals surface area contributed by atoms with Gasteiger partial charge in [0.05, 0.1) is 27.3 Å². The molecule has 0 aliphatic carbocycles. The Kier molecular flexibility index (Phi) is 9.06. The summed E-state index contributed by atoms with van der Waals surface area (Å²) in [6.07, 6.45) is 1.70. The predicted molar refractivity (Wildman–Crippen MR) is 179 cm³/mol. The van der Waals surface area contributed by atoms with Crippen molar-refractivity contribution in [1.29, 1.82) is 0 Å². The summed E-state index contributed by atoms with van der Waals surface area (Å²) in [5, 5.41) is 5.21. The molecule has 0 saturated heterocycles. The first-order valence-electron chi connectivity index (χ1n) is 14.1. The molecule has 6 nitrogen and oxygen atoms in total. The second-order valence-electron chi connectivity index (χ2n) is 10.6. The van der Waals surface area contributed by atoms with Gasteiger partial charge < -0.3 is 9.47 Å². The first kappa shape index (κ1) is 29.5. The van der Waals surface area contributed by atoms with Crippen LogP contribution in [-0.4, -0.2) is 22.5 Å². The van der Waals surface area contributed by atoms with Crippen LogP contribution in [0.1, 0.15) is 54.5 Å². The van der Waals surface area contributed by atoms with Gasteiger partial charge in [0, 0.05) is 5.56 Å². The molecule has 0 bridgehead atoms. The Bertz CT molecular complexity index is 1840. The van der Waals surface area contributed by atoms with Gasteiger partial charge in [-0.05, 0) is 114 Å². The van der Waals surface area contributed by atoms with Crippen LogP contribution < -0.4 is 15.0 Å². The van der Waals surface area contributed by atoms with Crippen molar-refractivity contribution in [2.45, 2.75) is 47.1 Å². The number of benzene rings is 4. The van der Waals surface area contributed by atoms with E-state index in [1.807, 2.05) is 62.4 Å². The Morgan fingerprint density at radius 2 is 1.76 bits per heavy atom. The lowest BCUT2D eigenvalue weighted by molar-refractivity contribution is 0.304. The van der Waals surface area contributed by atoms with E-state index in [1.165, 1.54) is 10.2 Å². The van der Waals surface area contributed by atoms with Crippen LogP contribution in [0.25, 0.3) is 22.3 Å². The topological polar surface area (TPSA) is 65.7 Å². The minimum Gasteiger partial charge on any atom is -0.494 e. The lowest BCUT2D eigenvalue weighted by atomic mass is 9.96. The average molecular weight is 672 g/mol.